The number of halogens is 1. The highest BCUT2D eigenvalue weighted by molar-refractivity contribution is 6.28. The Labute approximate surface area is 88.5 Å². The lowest BCUT2D eigenvalue weighted by molar-refractivity contribution is 0.108. The third-order valence-electron chi connectivity index (χ3n) is 2.39. The number of ether oxygens (including phenoxy) is 1. The normalized spacial score (nSPS) is 21.4. The molecule has 0 aromatic carbocycles. The van der Waals surface area contributed by atoms with Crippen molar-refractivity contribution in [3.63, 3.8) is 0 Å². The molecule has 14 heavy (non-hydrogen) atoms. The molecule has 3 nitrogen and oxygen atoms in total. The van der Waals surface area contributed by atoms with Gasteiger partial charge in [-0.2, -0.15) is 0 Å². The molecule has 1 fully saturated rings. The first-order valence-corrected chi connectivity index (χ1v) is 5.32. The van der Waals surface area contributed by atoms with Crippen LogP contribution in [-0.4, -0.2) is 16.6 Å². The summed E-state index contributed by atoms with van der Waals surface area (Å²) < 4.78 is 5.54. The number of rotatable bonds is 2. The van der Waals surface area contributed by atoms with E-state index in [1.54, 1.807) is 0 Å². The second kappa shape index (κ2) is 4.24. The van der Waals surface area contributed by atoms with Crippen LogP contribution < -0.4 is 0 Å². The Morgan fingerprint density at radius 3 is 3.07 bits per heavy atom. The molecule has 1 aromatic rings. The molecule has 0 amide bonds. The van der Waals surface area contributed by atoms with E-state index >= 15 is 0 Å². The Morgan fingerprint density at radius 2 is 2.43 bits per heavy atom. The molecule has 4 heteroatoms. The summed E-state index contributed by atoms with van der Waals surface area (Å²) in [6.45, 7) is 2.88. The van der Waals surface area contributed by atoms with Gasteiger partial charge < -0.3 is 4.74 Å². The molecule has 0 spiro atoms. The van der Waals surface area contributed by atoms with Gasteiger partial charge in [0.1, 0.15) is 0 Å². The van der Waals surface area contributed by atoms with Crippen LogP contribution in [0.5, 0.6) is 0 Å². The van der Waals surface area contributed by atoms with Gasteiger partial charge >= 0.3 is 0 Å². The molecule has 1 unspecified atom stereocenters. The fourth-order valence-electron chi connectivity index (χ4n) is 1.64. The number of nitrogens with zero attached hydrogens (tertiary/aromatic N) is 2. The summed E-state index contributed by atoms with van der Waals surface area (Å²) >= 11 is 5.83. The van der Waals surface area contributed by atoms with E-state index in [2.05, 4.69) is 16.9 Å². The number of hydrogen-bond acceptors (Lipinski definition) is 3. The summed E-state index contributed by atoms with van der Waals surface area (Å²) in [5.74, 6) is 0. The Balaban J connectivity index is 2.27. The molecule has 1 aliphatic rings. The fraction of sp³-hybridized carbons (Fsp3) is 0.600. The molecule has 1 saturated heterocycles. The van der Waals surface area contributed by atoms with Gasteiger partial charge in [-0.05, 0) is 36.9 Å². The van der Waals surface area contributed by atoms with Crippen LogP contribution in [0.15, 0.2) is 6.07 Å². The lowest BCUT2D eigenvalue weighted by Gasteiger charge is -2.09. The fourth-order valence-corrected chi connectivity index (χ4v) is 1.85. The van der Waals surface area contributed by atoms with Crippen molar-refractivity contribution in [3.8, 4) is 0 Å². The molecule has 76 valence electrons. The van der Waals surface area contributed by atoms with Crippen molar-refractivity contribution in [1.82, 2.24) is 9.97 Å². The van der Waals surface area contributed by atoms with Crippen LogP contribution in [-0.2, 0) is 11.2 Å². The van der Waals surface area contributed by atoms with E-state index in [0.29, 0.717) is 5.28 Å². The quantitative estimate of drug-likeness (QED) is 0.707. The highest BCUT2D eigenvalue weighted by Crippen LogP contribution is 2.27. The van der Waals surface area contributed by atoms with Gasteiger partial charge in [-0.1, -0.05) is 6.92 Å². The van der Waals surface area contributed by atoms with Crippen molar-refractivity contribution in [2.75, 3.05) is 6.61 Å². The Hall–Kier alpha value is -0.670. The highest BCUT2D eigenvalue weighted by atomic mass is 35.5. The topological polar surface area (TPSA) is 35.0 Å². The van der Waals surface area contributed by atoms with Crippen molar-refractivity contribution in [1.29, 1.82) is 0 Å². The minimum Gasteiger partial charge on any atom is -0.372 e. The summed E-state index contributed by atoms with van der Waals surface area (Å²) in [7, 11) is 0. The lowest BCUT2D eigenvalue weighted by atomic mass is 10.1. The van der Waals surface area contributed by atoms with Gasteiger partial charge in [-0.15, -0.1) is 0 Å². The standard InChI is InChI=1S/C10H13ClN2O/c1-2-7-6-8(13-10(11)12-7)9-4-3-5-14-9/h6,9H,2-5H2,1H3. The molecular weight excluding hydrogens is 200 g/mol. The van der Waals surface area contributed by atoms with Crippen molar-refractivity contribution >= 4 is 11.6 Å². The third kappa shape index (κ3) is 2.04. The first-order chi connectivity index (χ1) is 6.79. The van der Waals surface area contributed by atoms with Gasteiger partial charge in [-0.25, -0.2) is 9.97 Å². The molecule has 2 heterocycles. The van der Waals surface area contributed by atoms with Gasteiger partial charge in [-0.3, -0.25) is 0 Å². The van der Waals surface area contributed by atoms with Crippen LogP contribution in [0.1, 0.15) is 37.3 Å². The minimum atomic E-state index is 0.126. The lowest BCUT2D eigenvalue weighted by Crippen LogP contribution is -2.02. The van der Waals surface area contributed by atoms with E-state index in [9.17, 15) is 0 Å². The molecule has 2 rings (SSSR count). The number of aryl methyl sites for hydroxylation is 1. The zero-order valence-electron chi connectivity index (χ0n) is 8.16. The smallest absolute Gasteiger partial charge is 0.222 e. The van der Waals surface area contributed by atoms with Crippen LogP contribution in [0.25, 0.3) is 0 Å². The molecule has 1 aromatic heterocycles. The third-order valence-corrected chi connectivity index (χ3v) is 2.56. The zero-order valence-corrected chi connectivity index (χ0v) is 8.92. The van der Waals surface area contributed by atoms with Crippen molar-refractivity contribution in [2.24, 2.45) is 0 Å². The van der Waals surface area contributed by atoms with Crippen LogP contribution >= 0.6 is 11.6 Å². The molecule has 0 radical (unpaired) electrons. The summed E-state index contributed by atoms with van der Waals surface area (Å²) in [6, 6.07) is 1.99. The molecule has 1 aliphatic heterocycles. The van der Waals surface area contributed by atoms with E-state index in [1.807, 2.05) is 6.07 Å². The molecule has 0 N–H and O–H groups in total. The highest BCUT2D eigenvalue weighted by Gasteiger charge is 2.20. The van der Waals surface area contributed by atoms with E-state index in [4.69, 9.17) is 16.3 Å². The molecule has 0 aliphatic carbocycles. The number of hydrogen-bond donors (Lipinski definition) is 0. The van der Waals surface area contributed by atoms with Gasteiger partial charge in [0.05, 0.1) is 11.8 Å². The van der Waals surface area contributed by atoms with E-state index in [1.165, 1.54) is 0 Å². The van der Waals surface area contributed by atoms with E-state index < -0.39 is 0 Å². The van der Waals surface area contributed by atoms with Crippen molar-refractivity contribution in [2.45, 2.75) is 32.3 Å². The molecular formula is C10H13ClN2O. The zero-order chi connectivity index (χ0) is 9.97. The summed E-state index contributed by atoms with van der Waals surface area (Å²) in [5.41, 5.74) is 1.91. The summed E-state index contributed by atoms with van der Waals surface area (Å²) in [4.78, 5) is 8.32. The Kier molecular flexibility index (Phi) is 2.99. The maximum atomic E-state index is 5.83. The second-order valence-corrected chi connectivity index (χ2v) is 3.75. The average molecular weight is 213 g/mol. The SMILES string of the molecule is CCc1cc(C2CCCO2)nc(Cl)n1. The van der Waals surface area contributed by atoms with E-state index in [-0.39, 0.29) is 6.10 Å². The Bertz CT molecular complexity index is 324. The van der Waals surface area contributed by atoms with Crippen LogP contribution in [0.3, 0.4) is 0 Å². The molecule has 0 bridgehead atoms. The van der Waals surface area contributed by atoms with E-state index in [0.717, 1.165) is 37.3 Å². The Morgan fingerprint density at radius 1 is 1.57 bits per heavy atom. The van der Waals surface area contributed by atoms with Gasteiger partial charge in [0, 0.05) is 12.3 Å². The maximum absolute atomic E-state index is 5.83. The monoisotopic (exact) mass is 212 g/mol. The van der Waals surface area contributed by atoms with Gasteiger partial charge in [0.2, 0.25) is 5.28 Å². The minimum absolute atomic E-state index is 0.126. The molecule has 0 saturated carbocycles. The number of aromatic nitrogens is 2. The molecule has 1 atom stereocenters. The average Bonchev–Trinajstić information content (AvgIpc) is 2.69. The first kappa shape index (κ1) is 9.87. The maximum Gasteiger partial charge on any atom is 0.222 e. The largest absolute Gasteiger partial charge is 0.372 e. The van der Waals surface area contributed by atoms with Crippen molar-refractivity contribution < 1.29 is 4.74 Å². The summed E-state index contributed by atoms with van der Waals surface area (Å²) in [6.07, 6.45) is 3.15. The van der Waals surface area contributed by atoms with Crippen LogP contribution in [0.2, 0.25) is 5.28 Å². The second-order valence-electron chi connectivity index (χ2n) is 3.41. The van der Waals surface area contributed by atoms with Gasteiger partial charge in [0.25, 0.3) is 0 Å². The van der Waals surface area contributed by atoms with Crippen LogP contribution in [0, 0.1) is 0 Å². The van der Waals surface area contributed by atoms with Crippen molar-refractivity contribution in [3.05, 3.63) is 22.7 Å². The summed E-state index contributed by atoms with van der Waals surface area (Å²) in [5, 5.41) is 0.329. The first-order valence-electron chi connectivity index (χ1n) is 4.94. The van der Waals surface area contributed by atoms with Gasteiger partial charge in [0.15, 0.2) is 0 Å². The predicted molar refractivity (Wildman–Crippen MR) is 54.3 cm³/mol. The van der Waals surface area contributed by atoms with Crippen LogP contribution in [0.4, 0.5) is 0 Å². The predicted octanol–water partition coefficient (Wildman–Crippen LogP) is 2.54.